The van der Waals surface area contributed by atoms with Crippen LogP contribution in [0, 0.1) is 0 Å². The van der Waals surface area contributed by atoms with Crippen LogP contribution in [-0.2, 0) is 9.53 Å². The first-order valence-corrected chi connectivity index (χ1v) is 10.4. The van der Waals surface area contributed by atoms with Crippen molar-refractivity contribution in [1.82, 2.24) is 0 Å². The fourth-order valence-electron chi connectivity index (χ4n) is 3.60. The molecule has 5 nitrogen and oxygen atoms in total. The molecule has 0 bridgehead atoms. The van der Waals surface area contributed by atoms with Gasteiger partial charge in [0.2, 0.25) is 0 Å². The third-order valence-electron chi connectivity index (χ3n) is 5.12. The molecule has 32 heavy (non-hydrogen) atoms. The Morgan fingerprint density at radius 2 is 1.62 bits per heavy atom. The van der Waals surface area contributed by atoms with Gasteiger partial charge in [-0.05, 0) is 54.5 Å². The van der Waals surface area contributed by atoms with Crippen molar-refractivity contribution < 1.29 is 19.1 Å². The molecule has 1 heterocycles. The van der Waals surface area contributed by atoms with Crippen LogP contribution in [0.2, 0.25) is 0 Å². The minimum atomic E-state index is -0.364. The van der Waals surface area contributed by atoms with E-state index in [-0.39, 0.29) is 11.9 Å². The van der Waals surface area contributed by atoms with Crippen molar-refractivity contribution in [1.29, 1.82) is 0 Å². The molecule has 5 heteroatoms. The Labute approximate surface area is 187 Å². The number of para-hydroxylation sites is 2. The zero-order valence-corrected chi connectivity index (χ0v) is 17.9. The Bertz CT molecular complexity index is 1190. The van der Waals surface area contributed by atoms with E-state index in [4.69, 9.17) is 9.47 Å². The second-order valence-electron chi connectivity index (χ2n) is 7.15. The highest BCUT2D eigenvalue weighted by Crippen LogP contribution is 2.39. The molecule has 0 saturated heterocycles. The molecule has 0 aliphatic carbocycles. The van der Waals surface area contributed by atoms with Crippen molar-refractivity contribution >= 4 is 29.3 Å². The maximum atomic E-state index is 13.5. The van der Waals surface area contributed by atoms with Crippen LogP contribution >= 0.6 is 0 Å². The maximum absolute atomic E-state index is 13.5. The number of anilines is 1. The smallest absolute Gasteiger partial charge is 0.338 e. The lowest BCUT2D eigenvalue weighted by atomic mass is 10.1. The number of esters is 1. The van der Waals surface area contributed by atoms with Crippen LogP contribution in [0.3, 0.4) is 0 Å². The molecule has 0 saturated carbocycles. The first-order valence-electron chi connectivity index (χ1n) is 10.4. The molecule has 0 fully saturated rings. The van der Waals surface area contributed by atoms with Crippen molar-refractivity contribution in [2.45, 2.75) is 6.92 Å². The largest absolute Gasteiger partial charge is 0.495 e. The van der Waals surface area contributed by atoms with Gasteiger partial charge in [0.15, 0.2) is 0 Å². The van der Waals surface area contributed by atoms with E-state index in [0.29, 0.717) is 29.2 Å². The van der Waals surface area contributed by atoms with Crippen LogP contribution in [-0.4, -0.2) is 25.6 Å². The predicted molar refractivity (Wildman–Crippen MR) is 125 cm³/mol. The number of carbonyl (C=O) groups excluding carboxylic acids is 2. The number of hydrogen-bond donors (Lipinski definition) is 0. The molecule has 160 valence electrons. The lowest BCUT2D eigenvalue weighted by Gasteiger charge is -2.22. The lowest BCUT2D eigenvalue weighted by Crippen LogP contribution is -2.25. The number of amides is 1. The number of nitrogens with zero attached hydrogens (tertiary/aromatic N) is 1. The van der Waals surface area contributed by atoms with E-state index >= 15 is 0 Å². The Morgan fingerprint density at radius 3 is 2.31 bits per heavy atom. The average molecular weight is 425 g/mol. The zero-order valence-electron chi connectivity index (χ0n) is 17.9. The molecule has 0 spiro atoms. The zero-order chi connectivity index (χ0) is 22.5. The van der Waals surface area contributed by atoms with E-state index in [2.05, 4.69) is 0 Å². The summed E-state index contributed by atoms with van der Waals surface area (Å²) in [6.07, 6.45) is 3.69. The summed E-state index contributed by atoms with van der Waals surface area (Å²) >= 11 is 0. The number of rotatable bonds is 6. The van der Waals surface area contributed by atoms with Gasteiger partial charge in [-0.15, -0.1) is 0 Å². The van der Waals surface area contributed by atoms with Gasteiger partial charge in [-0.1, -0.05) is 54.6 Å². The van der Waals surface area contributed by atoms with E-state index in [1.807, 2.05) is 66.7 Å². The Kier molecular flexibility index (Phi) is 6.17. The fourth-order valence-corrected chi connectivity index (χ4v) is 3.60. The number of hydrogen-bond acceptors (Lipinski definition) is 4. The lowest BCUT2D eigenvalue weighted by molar-refractivity contribution is -0.113. The van der Waals surface area contributed by atoms with Gasteiger partial charge in [-0.25, -0.2) is 4.79 Å². The highest BCUT2D eigenvalue weighted by Gasteiger charge is 2.32. The summed E-state index contributed by atoms with van der Waals surface area (Å²) < 4.78 is 10.5. The molecule has 4 rings (SSSR count). The summed E-state index contributed by atoms with van der Waals surface area (Å²) in [5.41, 5.74) is 4.20. The van der Waals surface area contributed by atoms with E-state index in [9.17, 15) is 9.59 Å². The Balaban J connectivity index is 1.74. The second kappa shape index (κ2) is 9.35. The van der Waals surface area contributed by atoms with Crippen LogP contribution in [0.5, 0.6) is 5.75 Å². The van der Waals surface area contributed by atoms with Gasteiger partial charge in [0.1, 0.15) is 5.75 Å². The Hall–Kier alpha value is -4.12. The molecule has 3 aromatic carbocycles. The van der Waals surface area contributed by atoms with E-state index in [0.717, 1.165) is 16.8 Å². The summed E-state index contributed by atoms with van der Waals surface area (Å²) in [6.45, 7) is 2.09. The molecule has 0 radical (unpaired) electrons. The van der Waals surface area contributed by atoms with Gasteiger partial charge in [0.25, 0.3) is 5.91 Å². The van der Waals surface area contributed by atoms with E-state index < -0.39 is 0 Å². The van der Waals surface area contributed by atoms with Crippen molar-refractivity contribution in [3.63, 3.8) is 0 Å². The van der Waals surface area contributed by atoms with Crippen molar-refractivity contribution in [2.24, 2.45) is 0 Å². The standard InChI is InChI=1S/C27H23NO4/c1-3-32-27(30)21-15-13-19(14-16-21)17-22-18-24(20-9-5-4-6-10-20)28(26(22)29)23-11-7-8-12-25(23)31-2/h4-18H,3H2,1-2H3/b22-17-. The summed E-state index contributed by atoms with van der Waals surface area (Å²) in [6, 6.07) is 24.2. The van der Waals surface area contributed by atoms with Crippen molar-refractivity contribution in [3.8, 4) is 5.75 Å². The molecule has 0 N–H and O–H groups in total. The van der Waals surface area contributed by atoms with Crippen LogP contribution in [0.15, 0.2) is 90.5 Å². The summed E-state index contributed by atoms with van der Waals surface area (Å²) in [5.74, 6) is 0.0998. The SMILES string of the molecule is CCOC(=O)c1ccc(/C=C2/C=C(c3ccccc3)N(c3ccccc3OC)C2=O)cc1. The summed E-state index contributed by atoms with van der Waals surface area (Å²) in [7, 11) is 1.59. The van der Waals surface area contributed by atoms with Crippen LogP contribution in [0.4, 0.5) is 5.69 Å². The van der Waals surface area contributed by atoms with Gasteiger partial charge >= 0.3 is 5.97 Å². The third kappa shape index (κ3) is 4.18. The minimum Gasteiger partial charge on any atom is -0.495 e. The highest BCUT2D eigenvalue weighted by molar-refractivity contribution is 6.23. The summed E-state index contributed by atoms with van der Waals surface area (Å²) in [4.78, 5) is 27.1. The molecule has 0 aromatic heterocycles. The molecule has 1 aliphatic rings. The molecule has 3 aromatic rings. The van der Waals surface area contributed by atoms with Gasteiger partial charge in [0.05, 0.1) is 30.7 Å². The van der Waals surface area contributed by atoms with Crippen LogP contribution in [0.1, 0.15) is 28.4 Å². The van der Waals surface area contributed by atoms with Crippen molar-refractivity contribution in [2.75, 3.05) is 18.6 Å². The number of methoxy groups -OCH3 is 1. The number of benzene rings is 3. The maximum Gasteiger partial charge on any atom is 0.338 e. The fraction of sp³-hybridized carbons (Fsp3) is 0.111. The normalized spacial score (nSPS) is 14.4. The molecular formula is C27H23NO4. The molecule has 1 amide bonds. The second-order valence-corrected chi connectivity index (χ2v) is 7.15. The van der Waals surface area contributed by atoms with Gasteiger partial charge in [-0.3, -0.25) is 9.69 Å². The summed E-state index contributed by atoms with van der Waals surface area (Å²) in [5, 5.41) is 0. The highest BCUT2D eigenvalue weighted by atomic mass is 16.5. The molecule has 0 unspecified atom stereocenters. The first-order chi connectivity index (χ1) is 15.6. The van der Waals surface area contributed by atoms with Crippen LogP contribution in [0.25, 0.3) is 11.8 Å². The van der Waals surface area contributed by atoms with Crippen molar-refractivity contribution in [3.05, 3.63) is 107 Å². The minimum absolute atomic E-state index is 0.150. The topological polar surface area (TPSA) is 55.8 Å². The average Bonchev–Trinajstić information content (AvgIpc) is 3.16. The van der Waals surface area contributed by atoms with E-state index in [1.165, 1.54) is 0 Å². The molecule has 0 atom stereocenters. The monoisotopic (exact) mass is 425 g/mol. The Morgan fingerprint density at radius 1 is 0.938 bits per heavy atom. The van der Waals surface area contributed by atoms with E-state index in [1.54, 1.807) is 43.2 Å². The predicted octanol–water partition coefficient (Wildman–Crippen LogP) is 5.34. The van der Waals surface area contributed by atoms with Gasteiger partial charge in [-0.2, -0.15) is 0 Å². The number of ether oxygens (including phenoxy) is 2. The van der Waals surface area contributed by atoms with Gasteiger partial charge < -0.3 is 9.47 Å². The van der Waals surface area contributed by atoms with Gasteiger partial charge in [0, 0.05) is 5.57 Å². The molecule has 1 aliphatic heterocycles. The van der Waals surface area contributed by atoms with Crippen LogP contribution < -0.4 is 9.64 Å². The number of carbonyl (C=O) groups is 2. The third-order valence-corrected chi connectivity index (χ3v) is 5.12. The molecular weight excluding hydrogens is 402 g/mol. The first kappa shape index (κ1) is 21.1. The quantitative estimate of drug-likeness (QED) is 0.395.